The molecular weight excluding hydrogens is 330 g/mol. The molecule has 0 unspecified atom stereocenters. The van der Waals surface area contributed by atoms with Crippen molar-refractivity contribution < 1.29 is 14.3 Å². The van der Waals surface area contributed by atoms with Crippen LogP contribution in [-0.4, -0.2) is 29.4 Å². The molecule has 0 fully saturated rings. The predicted molar refractivity (Wildman–Crippen MR) is 98.9 cm³/mol. The number of ether oxygens (including phenoxy) is 2. The lowest BCUT2D eigenvalue weighted by molar-refractivity contribution is 0.0950. The van der Waals surface area contributed by atoms with E-state index >= 15 is 0 Å². The smallest absolute Gasteiger partial charge is 0.251 e. The summed E-state index contributed by atoms with van der Waals surface area (Å²) >= 11 is 0. The van der Waals surface area contributed by atoms with E-state index in [4.69, 9.17) is 9.47 Å². The van der Waals surface area contributed by atoms with Crippen LogP contribution in [0.3, 0.4) is 0 Å². The Kier molecular flexibility index (Phi) is 5.53. The van der Waals surface area contributed by atoms with Crippen LogP contribution in [0.5, 0.6) is 11.5 Å². The molecule has 0 saturated carbocycles. The molecule has 3 rings (SSSR count). The Morgan fingerprint density at radius 2 is 1.96 bits per heavy atom. The number of hydrogen-bond acceptors (Lipinski definition) is 4. The molecule has 134 valence electrons. The van der Waals surface area contributed by atoms with Crippen molar-refractivity contribution >= 4 is 5.91 Å². The third-order valence-electron chi connectivity index (χ3n) is 3.84. The van der Waals surface area contributed by atoms with Gasteiger partial charge in [-0.05, 0) is 37.3 Å². The quantitative estimate of drug-likeness (QED) is 0.710. The Bertz CT molecular complexity index is 875. The first-order valence-electron chi connectivity index (χ1n) is 8.39. The Hall–Kier alpha value is -3.28. The number of hydrogen-bond donors (Lipinski definition) is 1. The van der Waals surface area contributed by atoms with E-state index in [2.05, 4.69) is 10.4 Å². The van der Waals surface area contributed by atoms with Gasteiger partial charge in [-0.3, -0.25) is 4.79 Å². The first kappa shape index (κ1) is 17.5. The molecule has 1 N–H and O–H groups in total. The van der Waals surface area contributed by atoms with Crippen molar-refractivity contribution in [3.8, 4) is 17.2 Å². The van der Waals surface area contributed by atoms with Gasteiger partial charge < -0.3 is 14.8 Å². The van der Waals surface area contributed by atoms with E-state index < -0.39 is 0 Å². The molecule has 0 bridgehead atoms. The minimum atomic E-state index is -0.182. The second-order valence-corrected chi connectivity index (χ2v) is 5.61. The number of benzene rings is 2. The number of carbonyl (C=O) groups excluding carboxylic acids is 1. The minimum Gasteiger partial charge on any atom is -0.493 e. The number of carbonyl (C=O) groups is 1. The van der Waals surface area contributed by atoms with Crippen molar-refractivity contribution in [2.24, 2.45) is 0 Å². The zero-order valence-electron chi connectivity index (χ0n) is 14.8. The zero-order chi connectivity index (χ0) is 18.4. The van der Waals surface area contributed by atoms with Gasteiger partial charge in [0.1, 0.15) is 0 Å². The van der Waals surface area contributed by atoms with E-state index in [0.29, 0.717) is 30.2 Å². The third-order valence-corrected chi connectivity index (χ3v) is 3.84. The maximum atomic E-state index is 12.4. The molecule has 0 aliphatic heterocycles. The standard InChI is InChI=1S/C20H21N3O3/c1-3-26-18-10-9-16(11-19(18)25-2)20(24)21-12-15-13-22-23(14-15)17-7-5-4-6-8-17/h4-11,13-14H,3,12H2,1-2H3,(H,21,24). The van der Waals surface area contributed by atoms with Gasteiger partial charge >= 0.3 is 0 Å². The molecule has 26 heavy (non-hydrogen) atoms. The summed E-state index contributed by atoms with van der Waals surface area (Å²) in [4.78, 5) is 12.4. The molecule has 3 aromatic rings. The molecule has 6 heteroatoms. The molecule has 1 heterocycles. The average molecular weight is 351 g/mol. The SMILES string of the molecule is CCOc1ccc(C(=O)NCc2cnn(-c3ccccc3)c2)cc1OC. The minimum absolute atomic E-state index is 0.182. The van der Waals surface area contributed by atoms with Crippen LogP contribution in [0.4, 0.5) is 0 Å². The maximum Gasteiger partial charge on any atom is 0.251 e. The highest BCUT2D eigenvalue weighted by Gasteiger charge is 2.11. The molecular formula is C20H21N3O3. The second kappa shape index (κ2) is 8.20. The summed E-state index contributed by atoms with van der Waals surface area (Å²) in [6.07, 6.45) is 3.64. The number of amides is 1. The van der Waals surface area contributed by atoms with Gasteiger partial charge in [-0.15, -0.1) is 0 Å². The molecule has 6 nitrogen and oxygen atoms in total. The molecule has 0 saturated heterocycles. The normalized spacial score (nSPS) is 10.4. The number of aromatic nitrogens is 2. The molecule has 1 amide bonds. The topological polar surface area (TPSA) is 65.4 Å². The zero-order valence-corrected chi connectivity index (χ0v) is 14.8. The maximum absolute atomic E-state index is 12.4. The van der Waals surface area contributed by atoms with Gasteiger partial charge in [0.2, 0.25) is 0 Å². The molecule has 0 atom stereocenters. The molecule has 1 aromatic heterocycles. The van der Waals surface area contributed by atoms with Crippen LogP contribution in [0.1, 0.15) is 22.8 Å². The van der Waals surface area contributed by atoms with Crippen molar-refractivity contribution in [1.29, 1.82) is 0 Å². The fourth-order valence-electron chi connectivity index (χ4n) is 2.54. The van der Waals surface area contributed by atoms with Crippen LogP contribution in [0.25, 0.3) is 5.69 Å². The summed E-state index contributed by atoms with van der Waals surface area (Å²) < 4.78 is 12.5. The monoisotopic (exact) mass is 351 g/mol. The van der Waals surface area contributed by atoms with Gasteiger partial charge in [0.15, 0.2) is 11.5 Å². The van der Waals surface area contributed by atoms with Crippen molar-refractivity contribution in [1.82, 2.24) is 15.1 Å². The van der Waals surface area contributed by atoms with Crippen LogP contribution in [-0.2, 0) is 6.54 Å². The Morgan fingerprint density at radius 1 is 1.15 bits per heavy atom. The highest BCUT2D eigenvalue weighted by Crippen LogP contribution is 2.28. The number of nitrogens with zero attached hydrogens (tertiary/aromatic N) is 2. The lowest BCUT2D eigenvalue weighted by atomic mass is 10.2. The largest absolute Gasteiger partial charge is 0.493 e. The molecule has 0 spiro atoms. The first-order valence-corrected chi connectivity index (χ1v) is 8.39. The Labute approximate surface area is 152 Å². The second-order valence-electron chi connectivity index (χ2n) is 5.61. The van der Waals surface area contributed by atoms with Crippen LogP contribution in [0.15, 0.2) is 60.9 Å². The van der Waals surface area contributed by atoms with Gasteiger partial charge in [-0.25, -0.2) is 4.68 Å². The summed E-state index contributed by atoms with van der Waals surface area (Å²) in [6.45, 7) is 2.82. The van der Waals surface area contributed by atoms with Crippen molar-refractivity contribution in [2.45, 2.75) is 13.5 Å². The summed E-state index contributed by atoms with van der Waals surface area (Å²) in [5.74, 6) is 0.978. The summed E-state index contributed by atoms with van der Waals surface area (Å²) in [7, 11) is 1.55. The van der Waals surface area contributed by atoms with E-state index in [1.54, 1.807) is 36.2 Å². The van der Waals surface area contributed by atoms with Crippen molar-refractivity contribution in [3.05, 3.63) is 72.1 Å². The van der Waals surface area contributed by atoms with Crippen LogP contribution in [0, 0.1) is 0 Å². The van der Waals surface area contributed by atoms with E-state index in [-0.39, 0.29) is 5.91 Å². The molecule has 0 radical (unpaired) electrons. The number of rotatable bonds is 7. The Balaban J connectivity index is 1.65. The van der Waals surface area contributed by atoms with E-state index in [1.807, 2.05) is 43.5 Å². The first-order chi connectivity index (χ1) is 12.7. The number of para-hydroxylation sites is 1. The fraction of sp³-hybridized carbons (Fsp3) is 0.200. The van der Waals surface area contributed by atoms with Gasteiger partial charge in [0.05, 0.1) is 25.6 Å². The van der Waals surface area contributed by atoms with Crippen LogP contribution >= 0.6 is 0 Å². The number of nitrogens with one attached hydrogen (secondary N) is 1. The van der Waals surface area contributed by atoms with Gasteiger partial charge in [0.25, 0.3) is 5.91 Å². The van der Waals surface area contributed by atoms with Crippen molar-refractivity contribution in [3.63, 3.8) is 0 Å². The third kappa shape index (κ3) is 4.03. The average Bonchev–Trinajstić information content (AvgIpc) is 3.16. The summed E-state index contributed by atoms with van der Waals surface area (Å²) in [6, 6.07) is 15.0. The molecule has 0 aliphatic rings. The van der Waals surface area contributed by atoms with Crippen molar-refractivity contribution in [2.75, 3.05) is 13.7 Å². The van der Waals surface area contributed by atoms with Crippen LogP contribution < -0.4 is 14.8 Å². The molecule has 2 aromatic carbocycles. The van der Waals surface area contributed by atoms with E-state index in [0.717, 1.165) is 11.3 Å². The lowest BCUT2D eigenvalue weighted by Crippen LogP contribution is -2.22. The van der Waals surface area contributed by atoms with Gasteiger partial charge in [-0.2, -0.15) is 5.10 Å². The van der Waals surface area contributed by atoms with E-state index in [9.17, 15) is 4.79 Å². The van der Waals surface area contributed by atoms with Crippen LogP contribution in [0.2, 0.25) is 0 Å². The lowest BCUT2D eigenvalue weighted by Gasteiger charge is -2.11. The van der Waals surface area contributed by atoms with Gasteiger partial charge in [0, 0.05) is 23.9 Å². The highest BCUT2D eigenvalue weighted by molar-refractivity contribution is 5.94. The fourth-order valence-corrected chi connectivity index (χ4v) is 2.54. The predicted octanol–water partition coefficient (Wildman–Crippen LogP) is 3.21. The molecule has 0 aliphatic carbocycles. The van der Waals surface area contributed by atoms with Gasteiger partial charge in [-0.1, -0.05) is 18.2 Å². The number of methoxy groups -OCH3 is 1. The summed E-state index contributed by atoms with van der Waals surface area (Å²) in [5.41, 5.74) is 2.40. The highest BCUT2D eigenvalue weighted by atomic mass is 16.5. The summed E-state index contributed by atoms with van der Waals surface area (Å²) in [5, 5.41) is 7.22. The Morgan fingerprint density at radius 3 is 2.69 bits per heavy atom. The van der Waals surface area contributed by atoms with E-state index in [1.165, 1.54) is 0 Å².